The first-order valence-electron chi connectivity index (χ1n) is 6.70. The summed E-state index contributed by atoms with van der Waals surface area (Å²) in [5, 5.41) is 5.35. The number of carbonyl (C=O) groups excluding carboxylic acids is 2. The van der Waals surface area contributed by atoms with Crippen LogP contribution in [0.2, 0.25) is 0 Å². The summed E-state index contributed by atoms with van der Waals surface area (Å²) in [5.41, 5.74) is 1.75. The Balaban J connectivity index is 2.26. The van der Waals surface area contributed by atoms with Crippen LogP contribution in [0.1, 0.15) is 24.9 Å². The van der Waals surface area contributed by atoms with Gasteiger partial charge in [0.05, 0.1) is 18.2 Å². The van der Waals surface area contributed by atoms with E-state index in [1.165, 1.54) is 0 Å². The van der Waals surface area contributed by atoms with Crippen LogP contribution in [-0.4, -0.2) is 24.5 Å². The predicted molar refractivity (Wildman–Crippen MR) is 79.8 cm³/mol. The minimum atomic E-state index is -0.511. The molecule has 2 rings (SSSR count). The fourth-order valence-electron chi connectivity index (χ4n) is 2.16. The predicted octanol–water partition coefficient (Wildman–Crippen LogP) is 2.49. The maximum Gasteiger partial charge on any atom is 0.338 e. The number of allylic oxidation sites excluding steroid dienone is 1. The van der Waals surface area contributed by atoms with Crippen LogP contribution in [0.25, 0.3) is 0 Å². The van der Waals surface area contributed by atoms with Crippen molar-refractivity contribution in [2.45, 2.75) is 19.4 Å². The van der Waals surface area contributed by atoms with Gasteiger partial charge in [0.25, 0.3) is 0 Å². The van der Waals surface area contributed by atoms with Crippen LogP contribution in [0, 0.1) is 0 Å². The van der Waals surface area contributed by atoms with Crippen LogP contribution >= 0.6 is 11.6 Å². The van der Waals surface area contributed by atoms with E-state index in [9.17, 15) is 9.59 Å². The molecular weight excluding hydrogens is 292 g/mol. The molecule has 0 fully saturated rings. The lowest BCUT2D eigenvalue weighted by molar-refractivity contribution is -0.139. The molecule has 1 aromatic rings. The first-order chi connectivity index (χ1) is 10.1. The van der Waals surface area contributed by atoms with E-state index in [0.29, 0.717) is 23.6 Å². The lowest BCUT2D eigenvalue weighted by atomic mass is 9.96. The molecule has 5 nitrogen and oxygen atoms in total. The Morgan fingerprint density at radius 2 is 2.05 bits per heavy atom. The number of esters is 1. The van der Waals surface area contributed by atoms with E-state index in [1.54, 1.807) is 6.92 Å². The van der Waals surface area contributed by atoms with Crippen molar-refractivity contribution in [3.63, 3.8) is 0 Å². The minimum absolute atomic E-state index is 0.259. The number of carbonyl (C=O) groups is 2. The second-order valence-corrected chi connectivity index (χ2v) is 5.04. The van der Waals surface area contributed by atoms with Crippen molar-refractivity contribution in [3.05, 3.63) is 47.2 Å². The van der Waals surface area contributed by atoms with Crippen molar-refractivity contribution >= 4 is 23.6 Å². The maximum absolute atomic E-state index is 12.3. The average molecular weight is 309 g/mol. The summed E-state index contributed by atoms with van der Waals surface area (Å²) in [7, 11) is 0. The summed E-state index contributed by atoms with van der Waals surface area (Å²) < 4.78 is 5.21. The fraction of sp³-hybridized carbons (Fsp3) is 0.333. The average Bonchev–Trinajstić information content (AvgIpc) is 2.47. The van der Waals surface area contributed by atoms with Gasteiger partial charge in [-0.2, -0.15) is 0 Å². The van der Waals surface area contributed by atoms with Gasteiger partial charge in [-0.3, -0.25) is 0 Å². The lowest BCUT2D eigenvalue weighted by Gasteiger charge is -2.28. The third kappa shape index (κ3) is 3.76. The van der Waals surface area contributed by atoms with E-state index in [2.05, 4.69) is 10.6 Å². The van der Waals surface area contributed by atoms with Gasteiger partial charge in [0.1, 0.15) is 0 Å². The van der Waals surface area contributed by atoms with E-state index in [0.717, 1.165) is 5.56 Å². The van der Waals surface area contributed by atoms with Gasteiger partial charge < -0.3 is 15.4 Å². The maximum atomic E-state index is 12.3. The van der Waals surface area contributed by atoms with Gasteiger partial charge in [-0.05, 0) is 18.9 Å². The molecule has 1 aliphatic heterocycles. The molecule has 1 aromatic carbocycles. The Bertz CT molecular complexity index is 557. The molecule has 0 aliphatic carbocycles. The number of benzene rings is 1. The van der Waals surface area contributed by atoms with Gasteiger partial charge in [-0.25, -0.2) is 9.59 Å². The SMILES string of the molecule is CC1=C(C(=O)OCCCCl)C(c2ccccc2)NC(=O)N1. The van der Waals surface area contributed by atoms with Crippen LogP contribution in [0.15, 0.2) is 41.6 Å². The highest BCUT2D eigenvalue weighted by Gasteiger charge is 2.31. The van der Waals surface area contributed by atoms with E-state index in [4.69, 9.17) is 16.3 Å². The molecule has 1 aliphatic rings. The molecule has 6 heteroatoms. The number of rotatable bonds is 5. The van der Waals surface area contributed by atoms with Crippen LogP contribution in [-0.2, 0) is 9.53 Å². The second-order valence-electron chi connectivity index (χ2n) is 4.66. The molecular formula is C15H17ClN2O3. The highest BCUT2D eigenvalue weighted by Crippen LogP contribution is 2.27. The van der Waals surface area contributed by atoms with Gasteiger partial charge in [-0.1, -0.05) is 30.3 Å². The topological polar surface area (TPSA) is 67.4 Å². The zero-order valence-electron chi connectivity index (χ0n) is 11.7. The van der Waals surface area contributed by atoms with Crippen LogP contribution in [0.5, 0.6) is 0 Å². The number of nitrogens with one attached hydrogen (secondary N) is 2. The van der Waals surface area contributed by atoms with Crippen LogP contribution in [0.3, 0.4) is 0 Å². The summed E-state index contributed by atoms with van der Waals surface area (Å²) in [6, 6.07) is 8.46. The zero-order valence-corrected chi connectivity index (χ0v) is 12.4. The molecule has 0 saturated heterocycles. The second kappa shape index (κ2) is 7.13. The lowest BCUT2D eigenvalue weighted by Crippen LogP contribution is -2.45. The first-order valence-corrected chi connectivity index (χ1v) is 7.23. The Kier molecular flexibility index (Phi) is 5.22. The van der Waals surface area contributed by atoms with Gasteiger partial charge >= 0.3 is 12.0 Å². The summed E-state index contributed by atoms with van der Waals surface area (Å²) in [6.07, 6.45) is 0.593. The molecule has 1 heterocycles. The molecule has 2 N–H and O–H groups in total. The molecule has 1 unspecified atom stereocenters. The Hall–Kier alpha value is -2.01. The monoisotopic (exact) mass is 308 g/mol. The van der Waals surface area contributed by atoms with E-state index in [1.807, 2.05) is 30.3 Å². The number of alkyl halides is 1. The molecule has 0 aromatic heterocycles. The van der Waals surface area contributed by atoms with Gasteiger partial charge in [0.15, 0.2) is 0 Å². The molecule has 0 spiro atoms. The fourth-order valence-corrected chi connectivity index (χ4v) is 2.27. The first kappa shape index (κ1) is 15.4. The largest absolute Gasteiger partial charge is 0.462 e. The van der Waals surface area contributed by atoms with Crippen molar-refractivity contribution in [2.24, 2.45) is 0 Å². The quantitative estimate of drug-likeness (QED) is 0.499. The highest BCUT2D eigenvalue weighted by atomic mass is 35.5. The highest BCUT2D eigenvalue weighted by molar-refractivity contribution is 6.17. The van der Waals surface area contributed by atoms with Crippen molar-refractivity contribution in [1.82, 2.24) is 10.6 Å². The van der Waals surface area contributed by atoms with Crippen molar-refractivity contribution in [1.29, 1.82) is 0 Å². The normalized spacial score (nSPS) is 18.0. The van der Waals surface area contributed by atoms with Crippen molar-refractivity contribution in [2.75, 3.05) is 12.5 Å². The number of halogens is 1. The summed E-state index contributed by atoms with van der Waals surface area (Å²) in [6.45, 7) is 1.95. The van der Waals surface area contributed by atoms with Gasteiger partial charge in [0, 0.05) is 11.6 Å². The van der Waals surface area contributed by atoms with E-state index >= 15 is 0 Å². The number of hydrogen-bond acceptors (Lipinski definition) is 3. The minimum Gasteiger partial charge on any atom is -0.462 e. The van der Waals surface area contributed by atoms with Crippen LogP contribution in [0.4, 0.5) is 4.79 Å². The number of hydrogen-bond donors (Lipinski definition) is 2. The van der Waals surface area contributed by atoms with Crippen molar-refractivity contribution < 1.29 is 14.3 Å². The Morgan fingerprint density at radius 3 is 2.71 bits per heavy atom. The van der Waals surface area contributed by atoms with Crippen LogP contribution < -0.4 is 10.6 Å². The molecule has 1 atom stereocenters. The van der Waals surface area contributed by atoms with Gasteiger partial charge in [0.2, 0.25) is 0 Å². The number of ether oxygens (including phenoxy) is 1. The Morgan fingerprint density at radius 1 is 1.33 bits per heavy atom. The molecule has 0 bridgehead atoms. The third-order valence-corrected chi connectivity index (χ3v) is 3.40. The van der Waals surface area contributed by atoms with Crippen molar-refractivity contribution in [3.8, 4) is 0 Å². The third-order valence-electron chi connectivity index (χ3n) is 3.13. The summed E-state index contributed by atoms with van der Waals surface area (Å²) in [5.74, 6) is -0.0125. The Labute approximate surface area is 128 Å². The summed E-state index contributed by atoms with van der Waals surface area (Å²) >= 11 is 5.57. The molecule has 112 valence electrons. The number of urea groups is 1. The molecule has 21 heavy (non-hydrogen) atoms. The van der Waals surface area contributed by atoms with E-state index < -0.39 is 12.0 Å². The summed E-state index contributed by atoms with van der Waals surface area (Å²) in [4.78, 5) is 23.9. The molecule has 0 saturated carbocycles. The van der Waals surface area contributed by atoms with E-state index in [-0.39, 0.29) is 12.6 Å². The van der Waals surface area contributed by atoms with Gasteiger partial charge in [-0.15, -0.1) is 11.6 Å². The number of amides is 2. The molecule has 0 radical (unpaired) electrons. The smallest absolute Gasteiger partial charge is 0.338 e. The zero-order chi connectivity index (χ0) is 15.2. The molecule has 2 amide bonds. The standard InChI is InChI=1S/C15H17ClN2O3/c1-10-12(14(19)21-9-5-8-16)13(18-15(20)17-10)11-6-3-2-4-7-11/h2-4,6-7,13H,5,8-9H2,1H3,(H2,17,18,20).